The van der Waals surface area contributed by atoms with E-state index in [0.717, 1.165) is 10.6 Å². The lowest BCUT2D eigenvalue weighted by Crippen LogP contribution is -2.00. The van der Waals surface area contributed by atoms with Crippen LogP contribution in [-0.4, -0.2) is 23.2 Å². The number of rotatable bonds is 5. The smallest absolute Gasteiger partial charge is 0.339 e. The van der Waals surface area contributed by atoms with E-state index < -0.39 is 5.97 Å². The van der Waals surface area contributed by atoms with Crippen molar-refractivity contribution < 1.29 is 14.6 Å². The summed E-state index contributed by atoms with van der Waals surface area (Å²) in [4.78, 5) is 15.2. The predicted molar refractivity (Wildman–Crippen MR) is 73.8 cm³/mol. The van der Waals surface area contributed by atoms with Crippen LogP contribution in [0.2, 0.25) is 0 Å². The van der Waals surface area contributed by atoms with Crippen molar-refractivity contribution in [1.29, 1.82) is 0 Å². The molecule has 0 spiro atoms. The number of hydrogen-bond donors (Lipinski definition) is 1. The van der Waals surface area contributed by atoms with Crippen LogP contribution in [0.1, 0.15) is 15.9 Å². The average Bonchev–Trinajstić information content (AvgIpc) is 2.45. The van der Waals surface area contributed by atoms with E-state index in [0.29, 0.717) is 11.5 Å². The number of carbonyl (C=O) groups is 1. The van der Waals surface area contributed by atoms with Crippen molar-refractivity contribution in [2.24, 2.45) is 0 Å². The number of benzene rings is 1. The minimum absolute atomic E-state index is 0.175. The number of ether oxygens (including phenoxy) is 1. The van der Waals surface area contributed by atoms with Gasteiger partial charge in [0, 0.05) is 11.9 Å². The van der Waals surface area contributed by atoms with E-state index in [1.54, 1.807) is 36.2 Å². The fraction of sp³-hybridized carbons (Fsp3) is 0.143. The van der Waals surface area contributed by atoms with Gasteiger partial charge in [-0.25, -0.2) is 9.78 Å². The van der Waals surface area contributed by atoms with Gasteiger partial charge in [0.2, 0.25) is 0 Å². The van der Waals surface area contributed by atoms with E-state index in [1.165, 1.54) is 7.11 Å². The van der Waals surface area contributed by atoms with Gasteiger partial charge in [0.1, 0.15) is 11.3 Å². The monoisotopic (exact) mass is 275 g/mol. The lowest BCUT2D eigenvalue weighted by Gasteiger charge is -2.07. The first-order valence-electron chi connectivity index (χ1n) is 5.64. The number of aromatic nitrogens is 1. The molecule has 0 aliphatic carbocycles. The quantitative estimate of drug-likeness (QED) is 0.850. The van der Waals surface area contributed by atoms with Crippen LogP contribution in [-0.2, 0) is 5.75 Å². The van der Waals surface area contributed by atoms with E-state index in [1.807, 2.05) is 18.2 Å². The largest absolute Gasteiger partial charge is 0.496 e. The standard InChI is InChI=1S/C14H13NO3S/c1-18-12-8-10(5-6-11(12)14(16)17)9-19-13-4-2-3-7-15-13/h2-8H,9H2,1H3,(H,16,17). The number of carboxylic acid groups (broad SMARTS) is 1. The first-order valence-corrected chi connectivity index (χ1v) is 6.63. The van der Waals surface area contributed by atoms with Crippen LogP contribution in [0.15, 0.2) is 47.6 Å². The van der Waals surface area contributed by atoms with E-state index in [4.69, 9.17) is 9.84 Å². The number of pyridine rings is 1. The molecule has 1 aromatic carbocycles. The molecule has 0 saturated carbocycles. The van der Waals surface area contributed by atoms with Crippen molar-refractivity contribution >= 4 is 17.7 Å². The lowest BCUT2D eigenvalue weighted by atomic mass is 10.1. The molecular weight excluding hydrogens is 262 g/mol. The summed E-state index contributed by atoms with van der Waals surface area (Å²) < 4.78 is 5.09. The number of thioether (sulfide) groups is 1. The number of hydrogen-bond acceptors (Lipinski definition) is 4. The molecule has 4 nitrogen and oxygen atoms in total. The third-order valence-electron chi connectivity index (χ3n) is 2.52. The van der Waals surface area contributed by atoms with Gasteiger partial charge < -0.3 is 9.84 Å². The van der Waals surface area contributed by atoms with Gasteiger partial charge in [-0.3, -0.25) is 0 Å². The highest BCUT2D eigenvalue weighted by molar-refractivity contribution is 7.98. The average molecular weight is 275 g/mol. The van der Waals surface area contributed by atoms with E-state index in [2.05, 4.69) is 4.98 Å². The second-order valence-corrected chi connectivity index (χ2v) is 4.79. The highest BCUT2D eigenvalue weighted by Gasteiger charge is 2.11. The number of aromatic carboxylic acids is 1. The number of methoxy groups -OCH3 is 1. The van der Waals surface area contributed by atoms with E-state index in [-0.39, 0.29) is 5.56 Å². The highest BCUT2D eigenvalue weighted by atomic mass is 32.2. The van der Waals surface area contributed by atoms with Gasteiger partial charge in [0.05, 0.1) is 12.1 Å². The van der Waals surface area contributed by atoms with E-state index >= 15 is 0 Å². The molecule has 1 aromatic heterocycles. The molecule has 0 amide bonds. The molecule has 1 N–H and O–H groups in total. The topological polar surface area (TPSA) is 59.4 Å². The molecule has 2 rings (SSSR count). The fourth-order valence-corrected chi connectivity index (χ4v) is 2.40. The van der Waals surface area contributed by atoms with Crippen molar-refractivity contribution in [3.05, 3.63) is 53.7 Å². The molecule has 0 aliphatic rings. The maximum atomic E-state index is 11.0. The van der Waals surface area contributed by atoms with Crippen molar-refractivity contribution in [2.75, 3.05) is 7.11 Å². The van der Waals surface area contributed by atoms with Crippen LogP contribution < -0.4 is 4.74 Å². The second-order valence-electron chi connectivity index (χ2n) is 3.80. The van der Waals surface area contributed by atoms with Gasteiger partial charge in [-0.05, 0) is 29.8 Å². The Bertz CT molecular complexity index is 572. The Morgan fingerprint density at radius 2 is 2.21 bits per heavy atom. The predicted octanol–water partition coefficient (Wildman–Crippen LogP) is 3.08. The molecule has 0 bridgehead atoms. The molecule has 0 saturated heterocycles. The van der Waals surface area contributed by atoms with Gasteiger partial charge in [0.15, 0.2) is 0 Å². The molecular formula is C14H13NO3S. The molecule has 0 radical (unpaired) electrons. The van der Waals surface area contributed by atoms with Crippen LogP contribution in [0.5, 0.6) is 5.75 Å². The van der Waals surface area contributed by atoms with Crippen molar-refractivity contribution in [2.45, 2.75) is 10.8 Å². The normalized spacial score (nSPS) is 10.2. The van der Waals surface area contributed by atoms with Crippen molar-refractivity contribution in [3.8, 4) is 5.75 Å². The third-order valence-corrected chi connectivity index (χ3v) is 3.54. The summed E-state index contributed by atoms with van der Waals surface area (Å²) >= 11 is 1.59. The summed E-state index contributed by atoms with van der Waals surface area (Å²) in [6.45, 7) is 0. The third kappa shape index (κ3) is 3.48. The minimum Gasteiger partial charge on any atom is -0.496 e. The Balaban J connectivity index is 2.11. The number of nitrogens with zero attached hydrogens (tertiary/aromatic N) is 1. The Morgan fingerprint density at radius 1 is 1.37 bits per heavy atom. The molecule has 1 heterocycles. The maximum Gasteiger partial charge on any atom is 0.339 e. The van der Waals surface area contributed by atoms with Gasteiger partial charge in [-0.2, -0.15) is 0 Å². The highest BCUT2D eigenvalue weighted by Crippen LogP contribution is 2.25. The first-order chi connectivity index (χ1) is 9.20. The van der Waals surface area contributed by atoms with Crippen LogP contribution in [0.4, 0.5) is 0 Å². The van der Waals surface area contributed by atoms with Gasteiger partial charge in [0.25, 0.3) is 0 Å². The maximum absolute atomic E-state index is 11.0. The van der Waals surface area contributed by atoms with Crippen molar-refractivity contribution in [1.82, 2.24) is 4.98 Å². The molecule has 98 valence electrons. The molecule has 0 unspecified atom stereocenters. The van der Waals surface area contributed by atoms with E-state index in [9.17, 15) is 4.79 Å². The Kier molecular flexibility index (Phi) is 4.41. The zero-order valence-corrected chi connectivity index (χ0v) is 11.2. The van der Waals surface area contributed by atoms with Gasteiger partial charge in [-0.15, -0.1) is 11.8 Å². The zero-order valence-electron chi connectivity index (χ0n) is 10.4. The summed E-state index contributed by atoms with van der Waals surface area (Å²) in [6.07, 6.45) is 1.75. The molecule has 0 aliphatic heterocycles. The van der Waals surface area contributed by atoms with Gasteiger partial charge >= 0.3 is 5.97 Å². The lowest BCUT2D eigenvalue weighted by molar-refractivity contribution is 0.0693. The Labute approximate surface area is 115 Å². The Morgan fingerprint density at radius 3 is 2.84 bits per heavy atom. The Hall–Kier alpha value is -2.01. The van der Waals surface area contributed by atoms with Crippen LogP contribution in [0.25, 0.3) is 0 Å². The van der Waals surface area contributed by atoms with Gasteiger partial charge in [-0.1, -0.05) is 12.1 Å². The summed E-state index contributed by atoms with van der Waals surface area (Å²) in [5.41, 5.74) is 1.17. The molecule has 0 atom stereocenters. The molecule has 5 heteroatoms. The molecule has 19 heavy (non-hydrogen) atoms. The zero-order chi connectivity index (χ0) is 13.7. The summed E-state index contributed by atoms with van der Waals surface area (Å²) in [7, 11) is 1.47. The van der Waals surface area contributed by atoms with Crippen molar-refractivity contribution in [3.63, 3.8) is 0 Å². The second kappa shape index (κ2) is 6.24. The van der Waals surface area contributed by atoms with Crippen LogP contribution >= 0.6 is 11.8 Å². The first kappa shape index (κ1) is 13.4. The molecule has 0 fully saturated rings. The fourth-order valence-electron chi connectivity index (χ4n) is 1.59. The SMILES string of the molecule is COc1cc(CSc2ccccn2)ccc1C(=O)O. The van der Waals surface area contributed by atoms with Crippen LogP contribution in [0, 0.1) is 0 Å². The summed E-state index contributed by atoms with van der Waals surface area (Å²) in [5.74, 6) is 0.111. The number of carboxylic acids is 1. The minimum atomic E-state index is -0.985. The molecule has 2 aromatic rings. The summed E-state index contributed by atoms with van der Waals surface area (Å²) in [5, 5.41) is 9.93. The summed E-state index contributed by atoms with van der Waals surface area (Å²) in [6, 6.07) is 10.8. The van der Waals surface area contributed by atoms with Crippen LogP contribution in [0.3, 0.4) is 0 Å².